The maximum absolute atomic E-state index is 6.30. The Kier molecular flexibility index (Phi) is 2.85. The minimum atomic E-state index is 0.622. The number of anilines is 1. The van der Waals surface area contributed by atoms with Gasteiger partial charge in [-0.2, -0.15) is 0 Å². The van der Waals surface area contributed by atoms with Crippen LogP contribution in [-0.4, -0.2) is 9.55 Å². The van der Waals surface area contributed by atoms with Crippen molar-refractivity contribution in [3.05, 3.63) is 11.5 Å². The predicted molar refractivity (Wildman–Crippen MR) is 70.0 cm³/mol. The van der Waals surface area contributed by atoms with Gasteiger partial charge in [0.2, 0.25) is 0 Å². The summed E-state index contributed by atoms with van der Waals surface area (Å²) in [5, 5.41) is 0. The quantitative estimate of drug-likeness (QED) is 0.810. The van der Waals surface area contributed by atoms with Crippen LogP contribution in [-0.2, 0) is 13.0 Å². The van der Waals surface area contributed by atoms with E-state index in [0.29, 0.717) is 5.92 Å². The average Bonchev–Trinajstić information content (AvgIpc) is 2.68. The maximum atomic E-state index is 6.30. The minimum absolute atomic E-state index is 0.622. The third-order valence-corrected chi connectivity index (χ3v) is 4.47. The molecule has 0 radical (unpaired) electrons. The van der Waals surface area contributed by atoms with Gasteiger partial charge in [-0.05, 0) is 31.6 Å². The molecule has 2 unspecified atom stereocenters. The van der Waals surface area contributed by atoms with Crippen LogP contribution in [0.1, 0.15) is 62.9 Å². The molecule has 2 aliphatic rings. The molecule has 1 saturated carbocycles. The van der Waals surface area contributed by atoms with Gasteiger partial charge in [0.1, 0.15) is 11.6 Å². The predicted octanol–water partition coefficient (Wildman–Crippen LogP) is 3.10. The molecule has 2 heterocycles. The van der Waals surface area contributed by atoms with E-state index in [2.05, 4.69) is 11.5 Å². The summed E-state index contributed by atoms with van der Waals surface area (Å²) in [5.74, 6) is 3.67. The molecule has 2 atom stereocenters. The first-order valence-corrected chi connectivity index (χ1v) is 7.10. The van der Waals surface area contributed by atoms with E-state index in [0.717, 1.165) is 24.7 Å². The van der Waals surface area contributed by atoms with Crippen molar-refractivity contribution in [3.8, 4) is 0 Å². The summed E-state index contributed by atoms with van der Waals surface area (Å²) in [5.41, 5.74) is 7.52. The number of hydrogen-bond acceptors (Lipinski definition) is 2. The molecule has 1 fully saturated rings. The molecule has 3 rings (SSSR count). The molecular formula is C14H23N3. The minimum Gasteiger partial charge on any atom is -0.384 e. The third kappa shape index (κ3) is 1.96. The van der Waals surface area contributed by atoms with Crippen molar-refractivity contribution < 1.29 is 0 Å². The van der Waals surface area contributed by atoms with E-state index in [1.165, 1.54) is 50.0 Å². The van der Waals surface area contributed by atoms with E-state index in [1.807, 2.05) is 0 Å². The number of nitrogens with two attached hydrogens (primary N) is 1. The Hall–Kier alpha value is -0.990. The lowest BCUT2D eigenvalue weighted by Crippen LogP contribution is -2.14. The Morgan fingerprint density at radius 2 is 2.12 bits per heavy atom. The monoisotopic (exact) mass is 233 g/mol. The Labute approximate surface area is 103 Å². The van der Waals surface area contributed by atoms with Crippen LogP contribution in [0.2, 0.25) is 0 Å². The molecule has 0 bridgehead atoms. The second kappa shape index (κ2) is 4.35. The zero-order valence-corrected chi connectivity index (χ0v) is 10.8. The van der Waals surface area contributed by atoms with Gasteiger partial charge in [0.25, 0.3) is 0 Å². The van der Waals surface area contributed by atoms with Crippen molar-refractivity contribution in [2.75, 3.05) is 5.73 Å². The molecule has 0 aromatic carbocycles. The van der Waals surface area contributed by atoms with Crippen LogP contribution in [0.5, 0.6) is 0 Å². The van der Waals surface area contributed by atoms with Gasteiger partial charge in [-0.15, -0.1) is 0 Å². The molecule has 3 nitrogen and oxygen atoms in total. The lowest BCUT2D eigenvalue weighted by molar-refractivity contribution is 0.341. The standard InChI is InChI=1S/C14H23N3/c1-10-5-4-6-11(9-10)13-14(15)17-8-3-2-7-12(17)16-13/h10-11H,2-9,15H2,1H3. The molecule has 1 aliphatic carbocycles. The molecule has 2 N–H and O–H groups in total. The van der Waals surface area contributed by atoms with Crippen LogP contribution < -0.4 is 5.73 Å². The normalized spacial score (nSPS) is 29.0. The molecule has 0 saturated heterocycles. The van der Waals surface area contributed by atoms with Crippen molar-refractivity contribution in [1.82, 2.24) is 9.55 Å². The van der Waals surface area contributed by atoms with Crippen LogP contribution in [0.4, 0.5) is 5.82 Å². The fraction of sp³-hybridized carbons (Fsp3) is 0.786. The van der Waals surface area contributed by atoms with Gasteiger partial charge in [-0.25, -0.2) is 4.98 Å². The second-order valence-electron chi connectivity index (χ2n) is 5.88. The molecular weight excluding hydrogens is 210 g/mol. The number of fused-ring (bicyclic) bond motifs is 1. The lowest BCUT2D eigenvalue weighted by Gasteiger charge is -2.25. The van der Waals surface area contributed by atoms with Crippen LogP contribution in [0.25, 0.3) is 0 Å². The molecule has 0 spiro atoms. The van der Waals surface area contributed by atoms with E-state index in [4.69, 9.17) is 10.7 Å². The van der Waals surface area contributed by atoms with Crippen molar-refractivity contribution >= 4 is 5.82 Å². The largest absolute Gasteiger partial charge is 0.384 e. The van der Waals surface area contributed by atoms with Crippen molar-refractivity contribution in [2.45, 2.75) is 64.3 Å². The van der Waals surface area contributed by atoms with E-state index in [9.17, 15) is 0 Å². The second-order valence-corrected chi connectivity index (χ2v) is 5.88. The highest BCUT2D eigenvalue weighted by atomic mass is 15.1. The fourth-order valence-corrected chi connectivity index (χ4v) is 3.51. The maximum Gasteiger partial charge on any atom is 0.127 e. The van der Waals surface area contributed by atoms with Crippen LogP contribution in [0, 0.1) is 5.92 Å². The summed E-state index contributed by atoms with van der Waals surface area (Å²) in [4.78, 5) is 4.85. The zero-order valence-electron chi connectivity index (χ0n) is 10.8. The van der Waals surface area contributed by atoms with Gasteiger partial charge in [0.15, 0.2) is 0 Å². The first-order chi connectivity index (χ1) is 8.25. The first kappa shape index (κ1) is 11.1. The summed E-state index contributed by atoms with van der Waals surface area (Å²) in [7, 11) is 0. The Bertz CT molecular complexity index is 408. The highest BCUT2D eigenvalue weighted by Crippen LogP contribution is 2.38. The molecule has 94 valence electrons. The van der Waals surface area contributed by atoms with Crippen LogP contribution >= 0.6 is 0 Å². The van der Waals surface area contributed by atoms with Gasteiger partial charge in [0, 0.05) is 18.9 Å². The number of hydrogen-bond donors (Lipinski definition) is 1. The van der Waals surface area contributed by atoms with Crippen LogP contribution in [0.15, 0.2) is 0 Å². The topological polar surface area (TPSA) is 43.8 Å². The van der Waals surface area contributed by atoms with E-state index >= 15 is 0 Å². The SMILES string of the molecule is CC1CCCC(c2nc3n(c2N)CCCC3)C1. The van der Waals surface area contributed by atoms with Crippen molar-refractivity contribution in [2.24, 2.45) is 5.92 Å². The van der Waals surface area contributed by atoms with E-state index in [1.54, 1.807) is 0 Å². The van der Waals surface area contributed by atoms with Gasteiger partial charge in [-0.1, -0.05) is 19.8 Å². The van der Waals surface area contributed by atoms with Crippen molar-refractivity contribution in [3.63, 3.8) is 0 Å². The fourth-order valence-electron chi connectivity index (χ4n) is 3.51. The Balaban J connectivity index is 1.89. The van der Waals surface area contributed by atoms with Gasteiger partial charge in [0.05, 0.1) is 5.69 Å². The molecule has 0 amide bonds. The zero-order chi connectivity index (χ0) is 11.8. The summed E-state index contributed by atoms with van der Waals surface area (Å²) < 4.78 is 2.26. The summed E-state index contributed by atoms with van der Waals surface area (Å²) >= 11 is 0. The molecule has 1 aromatic rings. The van der Waals surface area contributed by atoms with Gasteiger partial charge >= 0.3 is 0 Å². The molecule has 17 heavy (non-hydrogen) atoms. The lowest BCUT2D eigenvalue weighted by atomic mass is 9.81. The smallest absolute Gasteiger partial charge is 0.127 e. The average molecular weight is 233 g/mol. The number of imidazole rings is 1. The molecule has 1 aromatic heterocycles. The summed E-state index contributed by atoms with van der Waals surface area (Å²) in [6, 6.07) is 0. The molecule has 3 heteroatoms. The summed E-state index contributed by atoms with van der Waals surface area (Å²) in [6.07, 6.45) is 8.93. The first-order valence-electron chi connectivity index (χ1n) is 7.10. The Morgan fingerprint density at radius 3 is 2.88 bits per heavy atom. The van der Waals surface area contributed by atoms with E-state index in [-0.39, 0.29) is 0 Å². The summed E-state index contributed by atoms with van der Waals surface area (Å²) in [6.45, 7) is 3.44. The third-order valence-electron chi connectivity index (χ3n) is 4.47. The highest BCUT2D eigenvalue weighted by molar-refractivity contribution is 5.41. The highest BCUT2D eigenvalue weighted by Gasteiger charge is 2.27. The number of nitrogens with zero attached hydrogens (tertiary/aromatic N) is 2. The Morgan fingerprint density at radius 1 is 1.24 bits per heavy atom. The molecule has 1 aliphatic heterocycles. The van der Waals surface area contributed by atoms with Gasteiger partial charge < -0.3 is 10.3 Å². The van der Waals surface area contributed by atoms with Crippen LogP contribution in [0.3, 0.4) is 0 Å². The van der Waals surface area contributed by atoms with E-state index < -0.39 is 0 Å². The number of rotatable bonds is 1. The number of aryl methyl sites for hydroxylation is 1. The number of nitrogen functional groups attached to an aromatic ring is 1. The number of aromatic nitrogens is 2. The van der Waals surface area contributed by atoms with Gasteiger partial charge in [-0.3, -0.25) is 0 Å². The van der Waals surface area contributed by atoms with Crippen molar-refractivity contribution in [1.29, 1.82) is 0 Å².